The molecule has 1 fully saturated rings. The highest BCUT2D eigenvalue weighted by Gasteiger charge is 2.17. The summed E-state index contributed by atoms with van der Waals surface area (Å²) in [7, 11) is 0. The molecule has 100 valence electrons. The van der Waals surface area contributed by atoms with E-state index in [1.54, 1.807) is 12.1 Å². The predicted molar refractivity (Wildman–Crippen MR) is 79.8 cm³/mol. The van der Waals surface area contributed by atoms with Crippen molar-refractivity contribution < 1.29 is 4.79 Å². The van der Waals surface area contributed by atoms with Gasteiger partial charge in [0.1, 0.15) is 0 Å². The zero-order valence-corrected chi connectivity index (χ0v) is 12.9. The third-order valence-electron chi connectivity index (χ3n) is 2.81. The fraction of sp³-hybridized carbons (Fsp3) is 0.417. The van der Waals surface area contributed by atoms with Gasteiger partial charge in [0.2, 0.25) is 0 Å². The van der Waals surface area contributed by atoms with E-state index in [-0.39, 0.29) is 24.4 Å². The Bertz CT molecular complexity index is 423. The molecule has 0 bridgehead atoms. The first-order chi connectivity index (χ1) is 8.16. The molecule has 0 radical (unpaired) electrons. The number of amides is 1. The van der Waals surface area contributed by atoms with Crippen LogP contribution in [0.4, 0.5) is 0 Å². The molecule has 1 aromatic carbocycles. The van der Waals surface area contributed by atoms with Crippen molar-refractivity contribution in [2.45, 2.75) is 18.9 Å². The fourth-order valence-electron chi connectivity index (χ4n) is 1.91. The van der Waals surface area contributed by atoms with E-state index < -0.39 is 0 Å². The van der Waals surface area contributed by atoms with Gasteiger partial charge >= 0.3 is 0 Å². The Labute approximate surface area is 126 Å². The first kappa shape index (κ1) is 15.8. The molecule has 0 aromatic heterocycles. The Morgan fingerprint density at radius 1 is 1.50 bits per heavy atom. The van der Waals surface area contributed by atoms with E-state index in [1.165, 1.54) is 0 Å². The minimum Gasteiger partial charge on any atom is -0.348 e. The molecule has 1 atom stereocenters. The van der Waals surface area contributed by atoms with Crippen LogP contribution in [0.5, 0.6) is 0 Å². The van der Waals surface area contributed by atoms with Crippen molar-refractivity contribution in [1.82, 2.24) is 10.6 Å². The van der Waals surface area contributed by atoms with Crippen LogP contribution >= 0.6 is 39.9 Å². The van der Waals surface area contributed by atoms with Crippen LogP contribution in [0.25, 0.3) is 0 Å². The molecule has 2 N–H and O–H groups in total. The zero-order chi connectivity index (χ0) is 12.3. The molecule has 1 aliphatic rings. The van der Waals surface area contributed by atoms with Crippen LogP contribution in [-0.2, 0) is 0 Å². The van der Waals surface area contributed by atoms with Crippen LogP contribution in [0.1, 0.15) is 23.2 Å². The summed E-state index contributed by atoms with van der Waals surface area (Å²) in [4.78, 5) is 12.0. The van der Waals surface area contributed by atoms with E-state index in [2.05, 4.69) is 26.6 Å². The predicted octanol–water partition coefficient (Wildman–Crippen LogP) is 3.01. The topological polar surface area (TPSA) is 41.1 Å². The van der Waals surface area contributed by atoms with Crippen LogP contribution < -0.4 is 10.6 Å². The molecule has 2 rings (SSSR count). The molecule has 0 saturated carbocycles. The number of hydrogen-bond acceptors (Lipinski definition) is 2. The second-order valence-corrected chi connectivity index (χ2v) is 5.46. The van der Waals surface area contributed by atoms with E-state index in [0.717, 1.165) is 30.4 Å². The molecule has 0 spiro atoms. The van der Waals surface area contributed by atoms with Gasteiger partial charge in [0.15, 0.2) is 0 Å². The molecule has 1 aromatic rings. The molecule has 18 heavy (non-hydrogen) atoms. The zero-order valence-electron chi connectivity index (χ0n) is 9.71. The first-order valence-electron chi connectivity index (χ1n) is 5.63. The number of rotatable bonds is 2. The smallest absolute Gasteiger partial charge is 0.253 e. The summed E-state index contributed by atoms with van der Waals surface area (Å²) in [6, 6.07) is 5.49. The number of carbonyl (C=O) groups excluding carboxylic acids is 1. The Kier molecular flexibility index (Phi) is 6.43. The monoisotopic (exact) mass is 352 g/mol. The summed E-state index contributed by atoms with van der Waals surface area (Å²) in [6.45, 7) is 1.87. The largest absolute Gasteiger partial charge is 0.348 e. The highest BCUT2D eigenvalue weighted by Crippen LogP contribution is 2.21. The summed E-state index contributed by atoms with van der Waals surface area (Å²) in [5.74, 6) is -0.101. The van der Waals surface area contributed by atoms with Crippen molar-refractivity contribution in [3.05, 3.63) is 33.3 Å². The number of benzene rings is 1. The van der Waals surface area contributed by atoms with Crippen LogP contribution in [0, 0.1) is 0 Å². The second kappa shape index (κ2) is 7.34. The summed E-state index contributed by atoms with van der Waals surface area (Å²) < 4.78 is 0.874. The lowest BCUT2D eigenvalue weighted by atomic mass is 10.1. The molecule has 0 aliphatic carbocycles. The van der Waals surface area contributed by atoms with E-state index in [1.807, 2.05) is 6.07 Å². The molecule has 1 aliphatic heterocycles. The van der Waals surface area contributed by atoms with Gasteiger partial charge in [0, 0.05) is 17.1 Å². The standard InChI is InChI=1S/C12H14BrClN2O.ClH/c13-8-3-4-10(11(14)6-8)12(17)16-9-2-1-5-15-7-9;/h3-4,6,9,15H,1-2,5,7H2,(H,16,17);1H/t9-;/m1./s1. The number of halogens is 3. The third kappa shape index (κ3) is 4.12. The van der Waals surface area contributed by atoms with Gasteiger partial charge in [-0.15, -0.1) is 12.4 Å². The molecule has 1 heterocycles. The Hall–Kier alpha value is -0.290. The average molecular weight is 354 g/mol. The van der Waals surface area contributed by atoms with Crippen molar-refractivity contribution >= 4 is 45.8 Å². The Morgan fingerprint density at radius 3 is 2.89 bits per heavy atom. The second-order valence-electron chi connectivity index (χ2n) is 4.14. The van der Waals surface area contributed by atoms with Crippen LogP contribution in [0.15, 0.2) is 22.7 Å². The minimum atomic E-state index is -0.101. The van der Waals surface area contributed by atoms with Crippen molar-refractivity contribution in [2.75, 3.05) is 13.1 Å². The Morgan fingerprint density at radius 2 is 2.28 bits per heavy atom. The van der Waals surface area contributed by atoms with Gasteiger partial charge in [-0.05, 0) is 37.6 Å². The molecule has 1 saturated heterocycles. The van der Waals surface area contributed by atoms with E-state index in [4.69, 9.17) is 11.6 Å². The van der Waals surface area contributed by atoms with Gasteiger partial charge in [-0.2, -0.15) is 0 Å². The van der Waals surface area contributed by atoms with E-state index in [0.29, 0.717) is 10.6 Å². The van der Waals surface area contributed by atoms with Gasteiger partial charge in [0.05, 0.1) is 10.6 Å². The van der Waals surface area contributed by atoms with E-state index in [9.17, 15) is 4.79 Å². The molecular weight excluding hydrogens is 339 g/mol. The Balaban J connectivity index is 0.00000162. The van der Waals surface area contributed by atoms with Crippen molar-refractivity contribution in [1.29, 1.82) is 0 Å². The van der Waals surface area contributed by atoms with Crippen LogP contribution in [0.3, 0.4) is 0 Å². The summed E-state index contributed by atoms with van der Waals surface area (Å²) in [5.41, 5.74) is 0.528. The number of hydrogen-bond donors (Lipinski definition) is 2. The van der Waals surface area contributed by atoms with Crippen molar-refractivity contribution in [3.8, 4) is 0 Å². The quantitative estimate of drug-likeness (QED) is 0.858. The lowest BCUT2D eigenvalue weighted by Crippen LogP contribution is -2.45. The summed E-state index contributed by atoms with van der Waals surface area (Å²) in [5, 5.41) is 6.73. The van der Waals surface area contributed by atoms with Gasteiger partial charge in [0.25, 0.3) is 5.91 Å². The highest BCUT2D eigenvalue weighted by atomic mass is 79.9. The highest BCUT2D eigenvalue weighted by molar-refractivity contribution is 9.10. The lowest BCUT2D eigenvalue weighted by molar-refractivity contribution is 0.0931. The van der Waals surface area contributed by atoms with Crippen LogP contribution in [0.2, 0.25) is 5.02 Å². The summed E-state index contributed by atoms with van der Waals surface area (Å²) >= 11 is 9.35. The van der Waals surface area contributed by atoms with Gasteiger partial charge in [-0.25, -0.2) is 0 Å². The maximum absolute atomic E-state index is 12.0. The molecule has 1 amide bonds. The molecular formula is C12H15BrCl2N2O. The SMILES string of the molecule is Cl.O=C(N[C@@H]1CCCNC1)c1ccc(Br)cc1Cl. The third-order valence-corrected chi connectivity index (χ3v) is 3.61. The number of nitrogens with one attached hydrogen (secondary N) is 2. The minimum absolute atomic E-state index is 0. The first-order valence-corrected chi connectivity index (χ1v) is 6.80. The van der Waals surface area contributed by atoms with E-state index >= 15 is 0 Å². The molecule has 3 nitrogen and oxygen atoms in total. The van der Waals surface area contributed by atoms with Crippen LogP contribution in [-0.4, -0.2) is 25.0 Å². The summed E-state index contributed by atoms with van der Waals surface area (Å²) in [6.07, 6.45) is 2.12. The number of carbonyl (C=O) groups is 1. The lowest BCUT2D eigenvalue weighted by Gasteiger charge is -2.24. The normalized spacial score (nSPS) is 18.9. The molecule has 6 heteroatoms. The average Bonchev–Trinajstić information content (AvgIpc) is 2.30. The number of piperidine rings is 1. The van der Waals surface area contributed by atoms with Gasteiger partial charge in [-0.3, -0.25) is 4.79 Å². The molecule has 0 unspecified atom stereocenters. The maximum atomic E-state index is 12.0. The van der Waals surface area contributed by atoms with Gasteiger partial charge in [-0.1, -0.05) is 27.5 Å². The van der Waals surface area contributed by atoms with Crippen molar-refractivity contribution in [3.63, 3.8) is 0 Å². The fourth-order valence-corrected chi connectivity index (χ4v) is 2.67. The maximum Gasteiger partial charge on any atom is 0.253 e. The van der Waals surface area contributed by atoms with Crippen molar-refractivity contribution in [2.24, 2.45) is 0 Å². The van der Waals surface area contributed by atoms with Gasteiger partial charge < -0.3 is 10.6 Å².